The molecule has 1 N–H and O–H groups in total. The highest BCUT2D eigenvalue weighted by molar-refractivity contribution is 6.30. The molecule has 0 radical (unpaired) electrons. The molecule has 0 spiro atoms. The van der Waals surface area contributed by atoms with Crippen LogP contribution in [0.2, 0.25) is 5.02 Å². The van der Waals surface area contributed by atoms with Gasteiger partial charge in [-0.15, -0.1) is 10.2 Å². The summed E-state index contributed by atoms with van der Waals surface area (Å²) in [6.45, 7) is 1.11. The Labute approximate surface area is 166 Å². The lowest BCUT2D eigenvalue weighted by molar-refractivity contribution is -0.139. The molecule has 0 atom stereocenters. The van der Waals surface area contributed by atoms with Crippen molar-refractivity contribution in [3.63, 3.8) is 0 Å². The van der Waals surface area contributed by atoms with Crippen LogP contribution in [0.5, 0.6) is 0 Å². The van der Waals surface area contributed by atoms with Gasteiger partial charge in [0.1, 0.15) is 5.52 Å². The molecule has 0 unspecified atom stereocenters. The van der Waals surface area contributed by atoms with Crippen LogP contribution in [0.15, 0.2) is 30.6 Å². The summed E-state index contributed by atoms with van der Waals surface area (Å²) in [5.41, 5.74) is -0.443. The van der Waals surface area contributed by atoms with Crippen molar-refractivity contribution in [1.82, 2.24) is 34.7 Å². The largest absolute Gasteiger partial charge is 0.435 e. The number of rotatable bonds is 2. The molecule has 0 saturated carbocycles. The lowest BCUT2D eigenvalue weighted by atomic mass is 10.2. The molecular weight excluding hydrogens is 409 g/mol. The van der Waals surface area contributed by atoms with Gasteiger partial charge < -0.3 is 14.5 Å². The van der Waals surface area contributed by atoms with Gasteiger partial charge in [0, 0.05) is 23.7 Å². The second-order valence-corrected chi connectivity index (χ2v) is 6.93. The minimum Gasteiger partial charge on any atom is -0.341 e. The molecule has 1 aliphatic heterocycles. The van der Waals surface area contributed by atoms with Crippen molar-refractivity contribution >= 4 is 28.7 Å². The molecule has 12 heteroatoms. The lowest BCUT2D eigenvalue weighted by Gasteiger charge is -2.28. The van der Waals surface area contributed by atoms with E-state index in [2.05, 4.69) is 30.1 Å². The first-order valence-electron chi connectivity index (χ1n) is 8.61. The Morgan fingerprint density at radius 2 is 1.83 bits per heavy atom. The van der Waals surface area contributed by atoms with E-state index in [1.54, 1.807) is 17.0 Å². The molecule has 29 heavy (non-hydrogen) atoms. The number of benzene rings is 1. The van der Waals surface area contributed by atoms with Gasteiger partial charge in [-0.05, 0) is 24.3 Å². The van der Waals surface area contributed by atoms with E-state index < -0.39 is 11.9 Å². The van der Waals surface area contributed by atoms with Gasteiger partial charge in [-0.25, -0.2) is 9.97 Å². The average molecular weight is 421 g/mol. The van der Waals surface area contributed by atoms with Crippen molar-refractivity contribution < 1.29 is 13.2 Å². The molecule has 5 rings (SSSR count). The van der Waals surface area contributed by atoms with E-state index in [4.69, 9.17) is 11.6 Å². The Morgan fingerprint density at radius 1 is 1.03 bits per heavy atom. The summed E-state index contributed by atoms with van der Waals surface area (Å²) >= 11 is 5.93. The molecule has 0 fully saturated rings. The second-order valence-electron chi connectivity index (χ2n) is 6.49. The Balaban J connectivity index is 1.50. The quantitative estimate of drug-likeness (QED) is 0.535. The number of anilines is 1. The number of fused-ring (bicyclic) bond motifs is 2. The third-order valence-corrected chi connectivity index (χ3v) is 4.93. The van der Waals surface area contributed by atoms with Crippen molar-refractivity contribution in [2.24, 2.45) is 0 Å². The molecule has 1 aromatic carbocycles. The normalized spacial score (nSPS) is 14.4. The Morgan fingerprint density at radius 3 is 2.59 bits per heavy atom. The highest BCUT2D eigenvalue weighted by Gasteiger charge is 2.37. The van der Waals surface area contributed by atoms with Crippen molar-refractivity contribution in [1.29, 1.82) is 0 Å². The van der Waals surface area contributed by atoms with Gasteiger partial charge >= 0.3 is 6.18 Å². The van der Waals surface area contributed by atoms with Crippen molar-refractivity contribution in [3.05, 3.63) is 47.1 Å². The molecule has 0 amide bonds. The lowest BCUT2D eigenvalue weighted by Crippen LogP contribution is -2.35. The SMILES string of the molecule is FC(F)(F)c1nc(N2CCn3c(nnc3-c3ccc(Cl)cc3)C2)nc2nc[nH]c12. The van der Waals surface area contributed by atoms with E-state index in [1.165, 1.54) is 6.33 Å². The fourth-order valence-corrected chi connectivity index (χ4v) is 3.44. The minimum absolute atomic E-state index is 0.0313. The van der Waals surface area contributed by atoms with Gasteiger partial charge in [-0.2, -0.15) is 18.2 Å². The van der Waals surface area contributed by atoms with Gasteiger partial charge in [0.25, 0.3) is 0 Å². The topological polar surface area (TPSA) is 88.4 Å². The van der Waals surface area contributed by atoms with Gasteiger partial charge in [0.2, 0.25) is 5.95 Å². The van der Waals surface area contributed by atoms with Crippen molar-refractivity contribution in [3.8, 4) is 11.4 Å². The maximum Gasteiger partial charge on any atom is 0.435 e. The standard InChI is InChI=1S/C17H12ClF3N8/c18-10-3-1-9(2-4-10)15-27-26-11-7-28(5-6-29(11)15)16-24-13(17(19,20)21)12-14(25-16)23-8-22-12/h1-4,8H,5-7H2,(H,22,23,24,25). The van der Waals surface area contributed by atoms with Crippen molar-refractivity contribution in [2.45, 2.75) is 19.3 Å². The molecule has 4 heterocycles. The van der Waals surface area contributed by atoms with Crippen LogP contribution < -0.4 is 4.90 Å². The van der Waals surface area contributed by atoms with E-state index in [1.807, 2.05) is 16.7 Å². The third-order valence-electron chi connectivity index (χ3n) is 4.68. The number of halogens is 4. The number of alkyl halides is 3. The van der Waals surface area contributed by atoms with Crippen LogP contribution in [-0.2, 0) is 19.3 Å². The summed E-state index contributed by atoms with van der Waals surface area (Å²) in [5.74, 6) is 1.25. The zero-order valence-electron chi connectivity index (χ0n) is 14.7. The highest BCUT2D eigenvalue weighted by Crippen LogP contribution is 2.33. The number of hydrogen-bond donors (Lipinski definition) is 1. The van der Waals surface area contributed by atoms with Gasteiger partial charge in [0.05, 0.1) is 12.9 Å². The number of nitrogens with one attached hydrogen (secondary N) is 1. The smallest absolute Gasteiger partial charge is 0.341 e. The third kappa shape index (κ3) is 3.07. The van der Waals surface area contributed by atoms with Gasteiger partial charge in [0.15, 0.2) is 23.0 Å². The Kier molecular flexibility index (Phi) is 3.95. The van der Waals surface area contributed by atoms with Gasteiger partial charge in [-0.1, -0.05) is 11.6 Å². The first-order chi connectivity index (χ1) is 13.9. The van der Waals surface area contributed by atoms with Crippen LogP contribution in [0.4, 0.5) is 19.1 Å². The molecule has 0 aliphatic carbocycles. The van der Waals surface area contributed by atoms with Crippen LogP contribution in [-0.4, -0.2) is 41.2 Å². The zero-order chi connectivity index (χ0) is 20.2. The molecule has 3 aromatic heterocycles. The first kappa shape index (κ1) is 17.9. The number of hydrogen-bond acceptors (Lipinski definition) is 6. The number of nitrogens with zero attached hydrogens (tertiary/aromatic N) is 7. The number of aromatic amines is 1. The van der Waals surface area contributed by atoms with Crippen LogP contribution in [0.3, 0.4) is 0 Å². The predicted octanol–water partition coefficient (Wildman–Crippen LogP) is 3.30. The predicted molar refractivity (Wildman–Crippen MR) is 98.2 cm³/mol. The minimum atomic E-state index is -4.62. The van der Waals surface area contributed by atoms with Crippen LogP contribution in [0.25, 0.3) is 22.6 Å². The number of imidazole rings is 1. The average Bonchev–Trinajstić information content (AvgIpc) is 3.33. The van der Waals surface area contributed by atoms with E-state index >= 15 is 0 Å². The molecular formula is C17H12ClF3N8. The summed E-state index contributed by atoms with van der Waals surface area (Å²) in [4.78, 5) is 15.9. The van der Waals surface area contributed by atoms with E-state index in [0.29, 0.717) is 29.8 Å². The maximum atomic E-state index is 13.4. The molecule has 4 aromatic rings. The Bertz CT molecular complexity index is 1200. The molecule has 8 nitrogen and oxygen atoms in total. The summed E-state index contributed by atoms with van der Waals surface area (Å²) in [6.07, 6.45) is -3.45. The Hall–Kier alpha value is -3.21. The molecule has 0 saturated heterocycles. The second kappa shape index (κ2) is 6.41. The molecule has 148 valence electrons. The monoisotopic (exact) mass is 420 g/mol. The van der Waals surface area contributed by atoms with E-state index in [-0.39, 0.29) is 23.7 Å². The fraction of sp³-hybridized carbons (Fsp3) is 0.235. The van der Waals surface area contributed by atoms with Crippen LogP contribution in [0.1, 0.15) is 11.5 Å². The molecule has 0 bridgehead atoms. The zero-order valence-corrected chi connectivity index (χ0v) is 15.4. The van der Waals surface area contributed by atoms with Crippen molar-refractivity contribution in [2.75, 3.05) is 11.4 Å². The van der Waals surface area contributed by atoms with E-state index in [0.717, 1.165) is 5.56 Å². The summed E-state index contributed by atoms with van der Waals surface area (Å²) < 4.78 is 42.2. The summed E-state index contributed by atoms with van der Waals surface area (Å²) in [6, 6.07) is 7.21. The summed E-state index contributed by atoms with van der Waals surface area (Å²) in [7, 11) is 0. The highest BCUT2D eigenvalue weighted by atomic mass is 35.5. The van der Waals surface area contributed by atoms with E-state index in [9.17, 15) is 13.2 Å². The maximum absolute atomic E-state index is 13.4. The fourth-order valence-electron chi connectivity index (χ4n) is 3.31. The molecule has 1 aliphatic rings. The summed E-state index contributed by atoms with van der Waals surface area (Å²) in [5, 5.41) is 9.04. The first-order valence-corrected chi connectivity index (χ1v) is 8.99. The van der Waals surface area contributed by atoms with Gasteiger partial charge in [-0.3, -0.25) is 0 Å². The van der Waals surface area contributed by atoms with Crippen LogP contribution >= 0.6 is 11.6 Å². The number of H-pyrrole nitrogens is 1. The number of aromatic nitrogens is 7. The van der Waals surface area contributed by atoms with Crippen LogP contribution in [0, 0.1) is 0 Å².